The van der Waals surface area contributed by atoms with Gasteiger partial charge < -0.3 is 16.0 Å². The molecule has 22 heavy (non-hydrogen) atoms. The van der Waals surface area contributed by atoms with E-state index in [1.165, 1.54) is 4.90 Å². The number of anilines is 1. The van der Waals surface area contributed by atoms with Crippen molar-refractivity contribution in [1.82, 2.24) is 4.90 Å². The van der Waals surface area contributed by atoms with Crippen molar-refractivity contribution in [3.8, 4) is 0 Å². The van der Waals surface area contributed by atoms with Crippen LogP contribution in [0, 0.1) is 17.8 Å². The van der Waals surface area contributed by atoms with Crippen LogP contribution in [0.15, 0.2) is 30.3 Å². The molecule has 5 heteroatoms. The number of benzene rings is 1. The van der Waals surface area contributed by atoms with E-state index in [1.807, 2.05) is 30.3 Å². The summed E-state index contributed by atoms with van der Waals surface area (Å²) in [5.41, 5.74) is 6.95. The van der Waals surface area contributed by atoms with Crippen LogP contribution in [0.4, 0.5) is 5.69 Å². The van der Waals surface area contributed by atoms with Gasteiger partial charge in [-0.15, -0.1) is 0 Å². The summed E-state index contributed by atoms with van der Waals surface area (Å²) < 4.78 is 0. The van der Waals surface area contributed by atoms with Crippen LogP contribution in [-0.2, 0) is 9.59 Å². The normalized spacial score (nSPS) is 29.4. The number of hydrogen-bond donors (Lipinski definition) is 2. The van der Waals surface area contributed by atoms with E-state index >= 15 is 0 Å². The van der Waals surface area contributed by atoms with Crippen LogP contribution in [0.3, 0.4) is 0 Å². The predicted molar refractivity (Wildman–Crippen MR) is 85.0 cm³/mol. The molecule has 2 aliphatic carbocycles. The van der Waals surface area contributed by atoms with Crippen molar-refractivity contribution in [2.45, 2.75) is 25.3 Å². The fourth-order valence-corrected chi connectivity index (χ4v) is 3.97. The molecule has 1 aromatic rings. The summed E-state index contributed by atoms with van der Waals surface area (Å²) in [5, 5.41) is 2.80. The molecule has 118 valence electrons. The van der Waals surface area contributed by atoms with Crippen LogP contribution in [-0.4, -0.2) is 36.3 Å². The van der Waals surface area contributed by atoms with E-state index in [2.05, 4.69) is 5.32 Å². The Balaban J connectivity index is 1.56. The number of rotatable bonds is 4. The summed E-state index contributed by atoms with van der Waals surface area (Å²) in [6, 6.07) is 9.22. The number of fused-ring (bicyclic) bond motifs is 2. The molecule has 0 saturated heterocycles. The molecule has 2 fully saturated rings. The Bertz CT molecular complexity index is 558. The third kappa shape index (κ3) is 2.86. The Hall–Kier alpha value is -1.88. The number of carbonyl (C=O) groups is 2. The molecular weight excluding hydrogens is 278 g/mol. The first-order valence-electron chi connectivity index (χ1n) is 7.91. The molecule has 0 aromatic heterocycles. The lowest BCUT2D eigenvalue weighted by Gasteiger charge is -2.30. The highest BCUT2D eigenvalue weighted by molar-refractivity contribution is 5.94. The number of hydrogen-bond acceptors (Lipinski definition) is 3. The highest BCUT2D eigenvalue weighted by Gasteiger charge is 2.49. The zero-order valence-corrected chi connectivity index (χ0v) is 12.9. The molecule has 0 spiro atoms. The van der Waals surface area contributed by atoms with Gasteiger partial charge in [-0.05, 0) is 43.2 Å². The lowest BCUT2D eigenvalue weighted by Crippen LogP contribution is -2.47. The Kier molecular flexibility index (Phi) is 4.16. The summed E-state index contributed by atoms with van der Waals surface area (Å²) in [5.74, 6) is 0.632. The zero-order chi connectivity index (χ0) is 15.7. The Morgan fingerprint density at radius 3 is 2.55 bits per heavy atom. The summed E-state index contributed by atoms with van der Waals surface area (Å²) in [4.78, 5) is 26.2. The van der Waals surface area contributed by atoms with E-state index < -0.39 is 0 Å². The molecule has 0 radical (unpaired) electrons. The topological polar surface area (TPSA) is 75.4 Å². The Labute approximate surface area is 130 Å². The van der Waals surface area contributed by atoms with Gasteiger partial charge in [0, 0.05) is 18.8 Å². The molecule has 0 heterocycles. The SMILES string of the molecule is CN(CC(=O)Nc1ccccc1)C(=O)C1C2CCC(C2)C1N. The van der Waals surface area contributed by atoms with Gasteiger partial charge >= 0.3 is 0 Å². The summed E-state index contributed by atoms with van der Waals surface area (Å²) >= 11 is 0. The van der Waals surface area contributed by atoms with Crippen molar-refractivity contribution < 1.29 is 9.59 Å². The van der Waals surface area contributed by atoms with Crippen LogP contribution in [0.1, 0.15) is 19.3 Å². The summed E-state index contributed by atoms with van der Waals surface area (Å²) in [6.45, 7) is 0.0638. The standard InChI is InChI=1S/C17H23N3O2/c1-20(10-14(21)19-13-5-3-2-4-6-13)17(22)15-11-7-8-12(9-11)16(15)18/h2-6,11-12,15-16H,7-10,18H2,1H3,(H,19,21). The maximum Gasteiger partial charge on any atom is 0.243 e. The summed E-state index contributed by atoms with van der Waals surface area (Å²) in [6.07, 6.45) is 3.31. The van der Waals surface area contributed by atoms with Gasteiger partial charge in [0.1, 0.15) is 0 Å². The first-order valence-corrected chi connectivity index (χ1v) is 7.91. The second kappa shape index (κ2) is 6.08. The molecule has 4 atom stereocenters. The van der Waals surface area contributed by atoms with Crippen LogP contribution >= 0.6 is 0 Å². The lowest BCUT2D eigenvalue weighted by molar-refractivity contribution is -0.138. The molecule has 2 amide bonds. The number of amides is 2. The molecule has 5 nitrogen and oxygen atoms in total. The number of likely N-dealkylation sites (N-methyl/N-ethyl adjacent to an activating group) is 1. The number of carbonyl (C=O) groups excluding carboxylic acids is 2. The van der Waals surface area contributed by atoms with Crippen molar-refractivity contribution in [2.24, 2.45) is 23.5 Å². The van der Waals surface area contributed by atoms with E-state index in [0.29, 0.717) is 11.8 Å². The monoisotopic (exact) mass is 301 g/mol. The van der Waals surface area contributed by atoms with Gasteiger partial charge in [0.2, 0.25) is 11.8 Å². The van der Waals surface area contributed by atoms with Gasteiger partial charge in [-0.3, -0.25) is 9.59 Å². The molecule has 0 aliphatic heterocycles. The van der Waals surface area contributed by atoms with Gasteiger partial charge in [-0.25, -0.2) is 0 Å². The van der Waals surface area contributed by atoms with Gasteiger partial charge in [-0.1, -0.05) is 18.2 Å². The lowest BCUT2D eigenvalue weighted by atomic mass is 9.84. The van der Waals surface area contributed by atoms with Gasteiger partial charge in [-0.2, -0.15) is 0 Å². The van der Waals surface area contributed by atoms with E-state index in [4.69, 9.17) is 5.73 Å². The first kappa shape index (κ1) is 15.0. The maximum atomic E-state index is 12.6. The zero-order valence-electron chi connectivity index (χ0n) is 12.9. The van der Waals surface area contributed by atoms with Crippen LogP contribution in [0.2, 0.25) is 0 Å². The fraction of sp³-hybridized carbons (Fsp3) is 0.529. The number of para-hydroxylation sites is 1. The third-order valence-corrected chi connectivity index (χ3v) is 5.08. The number of nitrogens with one attached hydrogen (secondary N) is 1. The Morgan fingerprint density at radius 2 is 1.91 bits per heavy atom. The predicted octanol–water partition coefficient (Wildman–Crippen LogP) is 1.46. The van der Waals surface area contributed by atoms with Crippen molar-refractivity contribution in [1.29, 1.82) is 0 Å². The van der Waals surface area contributed by atoms with Crippen LogP contribution in [0.25, 0.3) is 0 Å². The molecule has 2 aliphatic rings. The largest absolute Gasteiger partial charge is 0.336 e. The molecule has 3 rings (SSSR count). The van der Waals surface area contributed by atoms with Crippen molar-refractivity contribution in [3.05, 3.63) is 30.3 Å². The van der Waals surface area contributed by atoms with E-state index in [-0.39, 0.29) is 30.3 Å². The first-order chi connectivity index (χ1) is 10.6. The smallest absolute Gasteiger partial charge is 0.243 e. The third-order valence-electron chi connectivity index (χ3n) is 5.08. The molecule has 2 bridgehead atoms. The van der Waals surface area contributed by atoms with E-state index in [0.717, 1.165) is 24.9 Å². The maximum absolute atomic E-state index is 12.6. The molecule has 4 unspecified atom stereocenters. The van der Waals surface area contributed by atoms with Crippen LogP contribution < -0.4 is 11.1 Å². The average Bonchev–Trinajstić information content (AvgIpc) is 3.08. The summed E-state index contributed by atoms with van der Waals surface area (Å²) in [7, 11) is 1.69. The average molecular weight is 301 g/mol. The minimum atomic E-state index is -0.182. The van der Waals surface area contributed by atoms with Crippen LogP contribution in [0.5, 0.6) is 0 Å². The number of nitrogens with two attached hydrogens (primary N) is 1. The minimum absolute atomic E-state index is 0.0166. The van der Waals surface area contributed by atoms with Crippen molar-refractivity contribution in [2.75, 3.05) is 18.9 Å². The molecule has 2 saturated carbocycles. The van der Waals surface area contributed by atoms with Gasteiger partial charge in [0.05, 0.1) is 12.5 Å². The second-order valence-electron chi connectivity index (χ2n) is 6.54. The fourth-order valence-electron chi connectivity index (χ4n) is 3.97. The Morgan fingerprint density at radius 1 is 1.23 bits per heavy atom. The quantitative estimate of drug-likeness (QED) is 0.884. The number of nitrogens with zero attached hydrogens (tertiary/aromatic N) is 1. The highest BCUT2D eigenvalue weighted by atomic mass is 16.2. The minimum Gasteiger partial charge on any atom is -0.336 e. The molecule has 3 N–H and O–H groups in total. The highest BCUT2D eigenvalue weighted by Crippen LogP contribution is 2.48. The van der Waals surface area contributed by atoms with Gasteiger partial charge in [0.25, 0.3) is 0 Å². The second-order valence-corrected chi connectivity index (χ2v) is 6.54. The molecular formula is C17H23N3O2. The molecule has 1 aromatic carbocycles. The van der Waals surface area contributed by atoms with E-state index in [9.17, 15) is 9.59 Å². The van der Waals surface area contributed by atoms with Crippen molar-refractivity contribution >= 4 is 17.5 Å². The van der Waals surface area contributed by atoms with E-state index in [1.54, 1.807) is 7.05 Å². The van der Waals surface area contributed by atoms with Gasteiger partial charge in [0.15, 0.2) is 0 Å². The van der Waals surface area contributed by atoms with Crippen molar-refractivity contribution in [3.63, 3.8) is 0 Å².